The van der Waals surface area contributed by atoms with Gasteiger partial charge < -0.3 is 5.11 Å². The molecule has 1 saturated carbocycles. The molecule has 0 amide bonds. The Kier molecular flexibility index (Phi) is 4.13. The molecule has 3 nitrogen and oxygen atoms in total. The third kappa shape index (κ3) is 2.51. The molecule has 0 radical (unpaired) electrons. The lowest BCUT2D eigenvalue weighted by Crippen LogP contribution is -2.47. The molecule has 3 rings (SSSR count). The summed E-state index contributed by atoms with van der Waals surface area (Å²) >= 11 is 1.85. The molecule has 1 N–H and O–H groups in total. The van der Waals surface area contributed by atoms with Gasteiger partial charge in [0.15, 0.2) is 0 Å². The van der Waals surface area contributed by atoms with E-state index in [1.165, 1.54) is 23.3 Å². The highest BCUT2D eigenvalue weighted by atomic mass is 32.1. The number of thiophene rings is 1. The summed E-state index contributed by atoms with van der Waals surface area (Å²) in [5.41, 5.74) is 1.43. The Hall–Kier alpha value is -0.870. The van der Waals surface area contributed by atoms with Crippen molar-refractivity contribution in [1.29, 1.82) is 0 Å². The minimum Gasteiger partial charge on any atom is -0.481 e. The van der Waals surface area contributed by atoms with Crippen molar-refractivity contribution in [3.05, 3.63) is 21.9 Å². The van der Waals surface area contributed by atoms with Crippen molar-refractivity contribution in [2.45, 2.75) is 57.5 Å². The fourth-order valence-corrected chi connectivity index (χ4v) is 4.92. The van der Waals surface area contributed by atoms with Crippen LogP contribution in [0.1, 0.15) is 55.5 Å². The van der Waals surface area contributed by atoms with E-state index < -0.39 is 5.97 Å². The van der Waals surface area contributed by atoms with E-state index in [-0.39, 0.29) is 12.0 Å². The van der Waals surface area contributed by atoms with Crippen molar-refractivity contribution in [1.82, 2.24) is 4.90 Å². The average Bonchev–Trinajstić information content (AvgIpc) is 2.77. The molecule has 20 heavy (non-hydrogen) atoms. The van der Waals surface area contributed by atoms with E-state index >= 15 is 0 Å². The molecular weight excluding hydrogens is 270 g/mol. The van der Waals surface area contributed by atoms with Crippen LogP contribution < -0.4 is 0 Å². The maximum atomic E-state index is 11.6. The predicted molar refractivity (Wildman–Crippen MR) is 81.1 cm³/mol. The molecule has 0 spiro atoms. The van der Waals surface area contributed by atoms with Crippen molar-refractivity contribution < 1.29 is 9.90 Å². The summed E-state index contributed by atoms with van der Waals surface area (Å²) in [6, 6.07) is 2.82. The zero-order valence-corrected chi connectivity index (χ0v) is 12.9. The fraction of sp³-hybridized carbons (Fsp3) is 0.688. The minimum atomic E-state index is -0.597. The Balaban J connectivity index is 1.85. The molecule has 2 heterocycles. The van der Waals surface area contributed by atoms with Crippen LogP contribution in [0.5, 0.6) is 0 Å². The first kappa shape index (κ1) is 14.1. The van der Waals surface area contributed by atoms with Crippen molar-refractivity contribution >= 4 is 17.3 Å². The van der Waals surface area contributed by atoms with E-state index in [4.69, 9.17) is 0 Å². The minimum absolute atomic E-state index is 0.180. The molecule has 0 saturated heterocycles. The zero-order valence-electron chi connectivity index (χ0n) is 12.0. The van der Waals surface area contributed by atoms with E-state index in [0.717, 1.165) is 32.2 Å². The molecule has 4 heteroatoms. The lowest BCUT2D eigenvalue weighted by molar-refractivity contribution is -0.145. The second-order valence-electron chi connectivity index (χ2n) is 6.11. The van der Waals surface area contributed by atoms with E-state index in [1.54, 1.807) is 0 Å². The molecule has 1 aliphatic carbocycles. The number of hydrogen-bond acceptors (Lipinski definition) is 3. The van der Waals surface area contributed by atoms with Gasteiger partial charge in [-0.3, -0.25) is 9.69 Å². The number of aliphatic carboxylic acids is 1. The van der Waals surface area contributed by atoms with Gasteiger partial charge in [0.25, 0.3) is 0 Å². The number of carbonyl (C=O) groups is 1. The van der Waals surface area contributed by atoms with Crippen LogP contribution in [0.15, 0.2) is 11.4 Å². The van der Waals surface area contributed by atoms with Crippen LogP contribution >= 0.6 is 11.3 Å². The average molecular weight is 293 g/mol. The van der Waals surface area contributed by atoms with Crippen molar-refractivity contribution in [3.63, 3.8) is 0 Å². The third-order valence-corrected chi connectivity index (χ3v) is 6.04. The maximum absolute atomic E-state index is 11.6. The second kappa shape index (κ2) is 5.86. The van der Waals surface area contributed by atoms with Crippen LogP contribution in [0.25, 0.3) is 0 Å². The van der Waals surface area contributed by atoms with Crippen LogP contribution in [-0.4, -0.2) is 28.6 Å². The Morgan fingerprint density at radius 3 is 2.95 bits per heavy atom. The molecule has 3 unspecified atom stereocenters. The lowest BCUT2D eigenvalue weighted by Gasteiger charge is -2.41. The molecule has 0 aromatic carbocycles. The maximum Gasteiger partial charge on any atom is 0.308 e. The third-order valence-electron chi connectivity index (χ3n) is 5.05. The molecular formula is C16H23NO2S. The number of hydrogen-bond donors (Lipinski definition) is 1. The largest absolute Gasteiger partial charge is 0.481 e. The van der Waals surface area contributed by atoms with Crippen molar-refractivity contribution in [3.8, 4) is 0 Å². The standard InChI is InChI=1S/C16H23NO2S/c1-11-12-8-10-20-15(12)7-9-17(11)14-6-4-2-3-5-13(14)16(18)19/h8,10-11,13-14H,2-7,9H2,1H3,(H,18,19). The molecule has 1 aliphatic heterocycles. The quantitative estimate of drug-likeness (QED) is 0.845. The summed E-state index contributed by atoms with van der Waals surface area (Å²) in [5, 5.41) is 11.8. The van der Waals surface area contributed by atoms with Crippen LogP contribution in [0.3, 0.4) is 0 Å². The summed E-state index contributed by atoms with van der Waals surface area (Å²) in [6.07, 6.45) is 6.40. The smallest absolute Gasteiger partial charge is 0.308 e. The highest BCUT2D eigenvalue weighted by Crippen LogP contribution is 2.38. The Labute approximate surface area is 124 Å². The number of carboxylic acids is 1. The zero-order chi connectivity index (χ0) is 14.1. The summed E-state index contributed by atoms with van der Waals surface area (Å²) in [7, 11) is 0. The molecule has 1 fully saturated rings. The van der Waals surface area contributed by atoms with Gasteiger partial charge in [0, 0.05) is 23.5 Å². The van der Waals surface area contributed by atoms with Gasteiger partial charge in [0.2, 0.25) is 0 Å². The van der Waals surface area contributed by atoms with E-state index in [9.17, 15) is 9.90 Å². The molecule has 0 bridgehead atoms. The number of rotatable bonds is 2. The van der Waals surface area contributed by atoms with Gasteiger partial charge in [-0.05, 0) is 43.2 Å². The summed E-state index contributed by atoms with van der Waals surface area (Å²) < 4.78 is 0. The first-order valence-corrected chi connectivity index (χ1v) is 8.61. The topological polar surface area (TPSA) is 40.5 Å². The van der Waals surface area contributed by atoms with Crippen molar-refractivity contribution in [2.75, 3.05) is 6.54 Å². The first-order chi connectivity index (χ1) is 9.68. The Bertz CT molecular complexity index is 485. The van der Waals surface area contributed by atoms with Crippen LogP contribution in [0.2, 0.25) is 0 Å². The fourth-order valence-electron chi connectivity index (χ4n) is 3.96. The second-order valence-corrected chi connectivity index (χ2v) is 7.11. The molecule has 3 atom stereocenters. The van der Waals surface area contributed by atoms with Gasteiger partial charge in [-0.2, -0.15) is 0 Å². The van der Waals surface area contributed by atoms with Gasteiger partial charge in [0.05, 0.1) is 5.92 Å². The van der Waals surface area contributed by atoms with Crippen LogP contribution in [0, 0.1) is 5.92 Å². The molecule has 1 aromatic rings. The normalized spacial score (nSPS) is 31.6. The highest BCUT2D eigenvalue weighted by molar-refractivity contribution is 7.10. The lowest BCUT2D eigenvalue weighted by atomic mass is 9.89. The Morgan fingerprint density at radius 2 is 2.15 bits per heavy atom. The Morgan fingerprint density at radius 1 is 1.35 bits per heavy atom. The van der Waals surface area contributed by atoms with Gasteiger partial charge >= 0.3 is 5.97 Å². The SMILES string of the molecule is CC1c2ccsc2CCN1C1CCCCCC1C(=O)O. The van der Waals surface area contributed by atoms with E-state index in [0.29, 0.717) is 6.04 Å². The summed E-state index contributed by atoms with van der Waals surface area (Å²) in [4.78, 5) is 15.6. The number of fused-ring (bicyclic) bond motifs is 1. The van der Waals surface area contributed by atoms with Gasteiger partial charge in [-0.1, -0.05) is 19.3 Å². The van der Waals surface area contributed by atoms with Crippen LogP contribution in [0.4, 0.5) is 0 Å². The van der Waals surface area contributed by atoms with Crippen LogP contribution in [-0.2, 0) is 11.2 Å². The number of nitrogens with zero attached hydrogens (tertiary/aromatic N) is 1. The molecule has 1 aromatic heterocycles. The highest BCUT2D eigenvalue weighted by Gasteiger charge is 2.38. The molecule has 2 aliphatic rings. The monoisotopic (exact) mass is 293 g/mol. The van der Waals surface area contributed by atoms with Gasteiger partial charge in [-0.25, -0.2) is 0 Å². The van der Waals surface area contributed by atoms with E-state index in [1.807, 2.05) is 11.3 Å². The predicted octanol–water partition coefficient (Wildman–Crippen LogP) is 3.70. The van der Waals surface area contributed by atoms with Crippen molar-refractivity contribution in [2.24, 2.45) is 5.92 Å². The summed E-state index contributed by atoms with van der Waals surface area (Å²) in [6.45, 7) is 3.26. The molecule has 110 valence electrons. The van der Waals surface area contributed by atoms with Gasteiger partial charge in [0.1, 0.15) is 0 Å². The number of carboxylic acid groups (broad SMARTS) is 1. The van der Waals surface area contributed by atoms with E-state index in [2.05, 4.69) is 23.3 Å². The first-order valence-electron chi connectivity index (χ1n) is 7.73. The van der Waals surface area contributed by atoms with Gasteiger partial charge in [-0.15, -0.1) is 11.3 Å². The summed E-state index contributed by atoms with van der Waals surface area (Å²) in [5.74, 6) is -0.777.